The smallest absolute Gasteiger partial charge is 0.247 e. The number of rotatable bonds is 7. The third kappa shape index (κ3) is 4.60. The van der Waals surface area contributed by atoms with Gasteiger partial charge in [0, 0.05) is 19.1 Å². The van der Waals surface area contributed by atoms with Gasteiger partial charge in [-0.3, -0.25) is 0 Å². The summed E-state index contributed by atoms with van der Waals surface area (Å²) in [7, 11) is -3.62. The number of sulfonamides is 1. The zero-order valence-corrected chi connectivity index (χ0v) is 15.4. The molecule has 0 saturated heterocycles. The topological polar surface area (TPSA) is 75.4 Å². The van der Waals surface area contributed by atoms with Gasteiger partial charge in [-0.2, -0.15) is 11.8 Å². The Kier molecular flexibility index (Phi) is 6.42. The van der Waals surface area contributed by atoms with Gasteiger partial charge >= 0.3 is 0 Å². The van der Waals surface area contributed by atoms with Gasteiger partial charge in [-0.15, -0.1) is 11.3 Å². The zero-order valence-electron chi connectivity index (χ0n) is 12.2. The number of thiophene rings is 1. The molecule has 1 aliphatic rings. The van der Waals surface area contributed by atoms with Gasteiger partial charge in [0.25, 0.3) is 0 Å². The Morgan fingerprint density at radius 2 is 2.33 bits per heavy atom. The molecule has 0 radical (unpaired) electrons. The second kappa shape index (κ2) is 7.67. The lowest BCUT2D eigenvalue weighted by atomic mass is 10.1. The van der Waals surface area contributed by atoms with Crippen molar-refractivity contribution in [2.45, 2.75) is 27.8 Å². The summed E-state index contributed by atoms with van der Waals surface area (Å²) in [6.07, 6.45) is 3.25. The maximum Gasteiger partial charge on any atom is 0.247 e. The van der Waals surface area contributed by atoms with E-state index in [-0.39, 0.29) is 10.3 Å². The third-order valence-corrected chi connectivity index (χ3v) is 7.69. The molecular weight excluding hydrogens is 346 g/mol. The van der Waals surface area contributed by atoms with E-state index in [0.717, 1.165) is 41.6 Å². The van der Waals surface area contributed by atoms with Crippen molar-refractivity contribution in [2.75, 3.05) is 31.6 Å². The lowest BCUT2D eigenvalue weighted by Gasteiger charge is -2.31. The van der Waals surface area contributed by atoms with Crippen molar-refractivity contribution in [2.24, 2.45) is 5.14 Å². The van der Waals surface area contributed by atoms with E-state index in [0.29, 0.717) is 0 Å². The molecule has 2 rings (SSSR count). The van der Waals surface area contributed by atoms with Gasteiger partial charge in [0.15, 0.2) is 0 Å². The Hall–Kier alpha value is 0.230. The summed E-state index contributed by atoms with van der Waals surface area (Å²) in [6, 6.07) is 1.90. The fourth-order valence-electron chi connectivity index (χ4n) is 2.22. The first-order chi connectivity index (χ1) is 9.95. The average molecular weight is 368 g/mol. The highest BCUT2D eigenvalue weighted by Crippen LogP contribution is 2.43. The molecular formula is C12H21N3O2S4. The highest BCUT2D eigenvalue weighted by atomic mass is 32.3. The van der Waals surface area contributed by atoms with E-state index >= 15 is 0 Å². The Balaban J connectivity index is 2.19. The molecule has 0 amide bonds. The Bertz CT molecular complexity index is 573. The van der Waals surface area contributed by atoms with Crippen LogP contribution in [0, 0.1) is 0 Å². The minimum absolute atomic E-state index is 0.173. The van der Waals surface area contributed by atoms with Crippen LogP contribution in [-0.2, 0) is 10.0 Å². The van der Waals surface area contributed by atoms with Gasteiger partial charge in [0.05, 0.1) is 4.21 Å². The first kappa shape index (κ1) is 17.6. The molecule has 1 aromatic rings. The Labute approximate surface area is 139 Å². The Morgan fingerprint density at radius 3 is 2.95 bits per heavy atom. The molecule has 9 heteroatoms. The second-order valence-corrected chi connectivity index (χ2v) is 9.98. The molecule has 21 heavy (non-hydrogen) atoms. The number of primary sulfonamides is 1. The molecule has 0 saturated carbocycles. The number of thioether (sulfide) groups is 1. The van der Waals surface area contributed by atoms with Crippen molar-refractivity contribution in [1.29, 1.82) is 0 Å². The average Bonchev–Trinajstić information content (AvgIpc) is 2.83. The van der Waals surface area contributed by atoms with Crippen molar-refractivity contribution in [1.82, 2.24) is 9.62 Å². The van der Waals surface area contributed by atoms with Crippen LogP contribution in [0.5, 0.6) is 0 Å². The van der Waals surface area contributed by atoms with Gasteiger partial charge in [0.2, 0.25) is 10.0 Å². The zero-order chi connectivity index (χ0) is 15.5. The van der Waals surface area contributed by atoms with Crippen LogP contribution in [-0.4, -0.2) is 44.4 Å². The lowest BCUT2D eigenvalue weighted by molar-refractivity contribution is 0.381. The quantitative estimate of drug-likeness (QED) is 0.568. The number of nitrogens with two attached hydrogens (primary N) is 1. The molecule has 0 bridgehead atoms. The largest absolute Gasteiger partial charge is 0.309 e. The van der Waals surface area contributed by atoms with Crippen LogP contribution in [0.1, 0.15) is 24.9 Å². The predicted molar refractivity (Wildman–Crippen MR) is 92.5 cm³/mol. The fraction of sp³-hybridized carbons (Fsp3) is 0.667. The monoisotopic (exact) mass is 367 g/mol. The normalized spacial score (nSPS) is 19.7. The summed E-state index contributed by atoms with van der Waals surface area (Å²) in [5.41, 5.74) is 1.07. The summed E-state index contributed by atoms with van der Waals surface area (Å²) < 4.78 is 26.7. The summed E-state index contributed by atoms with van der Waals surface area (Å²) >= 11 is 4.78. The second-order valence-electron chi connectivity index (χ2n) is 4.79. The summed E-state index contributed by atoms with van der Waals surface area (Å²) in [5, 5.41) is 8.69. The third-order valence-electron chi connectivity index (χ3n) is 3.16. The molecule has 5 nitrogen and oxygen atoms in total. The lowest BCUT2D eigenvalue weighted by Crippen LogP contribution is -2.35. The highest BCUT2D eigenvalue weighted by molar-refractivity contribution is 7.99. The number of fused-ring (bicyclic) bond motifs is 1. The molecule has 2 heterocycles. The van der Waals surface area contributed by atoms with Crippen LogP contribution in [0.25, 0.3) is 0 Å². The van der Waals surface area contributed by atoms with Crippen molar-refractivity contribution in [3.8, 4) is 0 Å². The van der Waals surface area contributed by atoms with E-state index in [1.807, 2.05) is 11.8 Å². The molecule has 1 aliphatic heterocycles. The highest BCUT2D eigenvalue weighted by Gasteiger charge is 2.29. The summed E-state index contributed by atoms with van der Waals surface area (Å²) in [6.45, 7) is 4.82. The van der Waals surface area contributed by atoms with E-state index in [1.165, 1.54) is 11.3 Å². The minimum Gasteiger partial charge on any atom is -0.309 e. The summed E-state index contributed by atoms with van der Waals surface area (Å²) in [5.74, 6) is 1.14. The first-order valence-electron chi connectivity index (χ1n) is 6.77. The van der Waals surface area contributed by atoms with Gasteiger partial charge in [-0.1, -0.05) is 6.92 Å². The van der Waals surface area contributed by atoms with E-state index < -0.39 is 10.0 Å². The van der Waals surface area contributed by atoms with Crippen molar-refractivity contribution >= 4 is 45.1 Å². The molecule has 0 unspecified atom stereocenters. The van der Waals surface area contributed by atoms with Crippen LogP contribution >= 0.6 is 35.0 Å². The van der Waals surface area contributed by atoms with Crippen LogP contribution in [0.4, 0.5) is 0 Å². The molecule has 120 valence electrons. The van der Waals surface area contributed by atoms with Crippen LogP contribution in [0.3, 0.4) is 0 Å². The molecule has 3 N–H and O–H groups in total. The minimum atomic E-state index is -3.62. The number of nitrogens with zero attached hydrogens (tertiary/aromatic N) is 1. The number of hydrogen-bond donors (Lipinski definition) is 2. The van der Waals surface area contributed by atoms with Crippen LogP contribution < -0.4 is 10.5 Å². The standard InChI is InChI=1S/C12H21N3O2S4/c1-3-14-10-8-15(5-4-6-18-2)20-12-9(10)7-11(19-12)21(13,16)17/h7,10,14H,3-6,8H2,1-2H3,(H2,13,16,17)/t10-/m0/s1. The van der Waals surface area contributed by atoms with E-state index in [1.54, 1.807) is 18.0 Å². The summed E-state index contributed by atoms with van der Waals surface area (Å²) in [4.78, 5) is 0. The number of likely N-dealkylation sites (N-methyl/N-ethyl adjacent to an activating group) is 1. The maximum absolute atomic E-state index is 11.5. The van der Waals surface area contributed by atoms with Crippen molar-refractivity contribution in [3.63, 3.8) is 0 Å². The molecule has 0 spiro atoms. The number of hydrogen-bond acceptors (Lipinski definition) is 7. The van der Waals surface area contributed by atoms with Gasteiger partial charge < -0.3 is 5.32 Å². The van der Waals surface area contributed by atoms with Gasteiger partial charge in [0.1, 0.15) is 4.21 Å². The molecule has 1 atom stereocenters. The van der Waals surface area contributed by atoms with Gasteiger partial charge in [-0.05, 0) is 48.6 Å². The number of nitrogens with one attached hydrogen (secondary N) is 1. The van der Waals surface area contributed by atoms with E-state index in [2.05, 4.69) is 22.8 Å². The maximum atomic E-state index is 11.5. The van der Waals surface area contributed by atoms with E-state index in [4.69, 9.17) is 5.14 Å². The van der Waals surface area contributed by atoms with Crippen molar-refractivity contribution in [3.05, 3.63) is 11.6 Å². The molecule has 0 aromatic carbocycles. The van der Waals surface area contributed by atoms with E-state index in [9.17, 15) is 8.42 Å². The van der Waals surface area contributed by atoms with Crippen LogP contribution in [0.2, 0.25) is 0 Å². The van der Waals surface area contributed by atoms with Gasteiger partial charge in [-0.25, -0.2) is 17.9 Å². The predicted octanol–water partition coefficient (Wildman–Crippen LogP) is 2.12. The molecule has 1 aromatic heterocycles. The molecule has 0 fully saturated rings. The van der Waals surface area contributed by atoms with Crippen LogP contribution in [0.15, 0.2) is 14.5 Å². The fourth-order valence-corrected chi connectivity index (χ4v) is 6.21. The first-order valence-corrected chi connectivity index (χ1v) is 11.3. The Morgan fingerprint density at radius 1 is 1.57 bits per heavy atom. The van der Waals surface area contributed by atoms with Crippen molar-refractivity contribution < 1.29 is 8.42 Å². The SMILES string of the molecule is CCN[C@H]1CN(CCCSC)Sc2sc(S(N)(=O)=O)cc21. The molecule has 0 aliphatic carbocycles.